The van der Waals surface area contributed by atoms with E-state index in [0.717, 1.165) is 25.7 Å². The van der Waals surface area contributed by atoms with E-state index in [4.69, 9.17) is 9.47 Å². The number of methoxy groups -OCH3 is 2. The molecule has 1 aromatic carbocycles. The summed E-state index contributed by atoms with van der Waals surface area (Å²) in [4.78, 5) is 27.0. The number of carbonyl (C=O) groups is 2. The standard InChI is InChI=1S/C20H30N2O4/c1-5-14(6-2)19(23)21-15-10-12-22(13-11-15)20(24)18-16(25-3)8-7-9-17(18)26-4/h7-9,14-15H,5-6,10-13H2,1-4H3,(H,21,23). The highest BCUT2D eigenvalue weighted by Crippen LogP contribution is 2.30. The molecule has 0 bridgehead atoms. The summed E-state index contributed by atoms with van der Waals surface area (Å²) in [7, 11) is 3.09. The maximum Gasteiger partial charge on any atom is 0.261 e. The number of rotatable bonds is 7. The number of piperidine rings is 1. The van der Waals surface area contributed by atoms with Crippen LogP contribution in [-0.4, -0.2) is 50.1 Å². The zero-order valence-electron chi connectivity index (χ0n) is 16.2. The largest absolute Gasteiger partial charge is 0.496 e. The SMILES string of the molecule is CCC(CC)C(=O)NC1CCN(C(=O)c2c(OC)cccc2OC)CC1. The van der Waals surface area contributed by atoms with Crippen LogP contribution in [0.2, 0.25) is 0 Å². The van der Waals surface area contributed by atoms with Gasteiger partial charge in [0, 0.05) is 25.0 Å². The van der Waals surface area contributed by atoms with Gasteiger partial charge in [-0.25, -0.2) is 0 Å². The summed E-state index contributed by atoms with van der Waals surface area (Å²) >= 11 is 0. The fourth-order valence-corrected chi connectivity index (χ4v) is 3.43. The van der Waals surface area contributed by atoms with Gasteiger partial charge in [-0.3, -0.25) is 9.59 Å². The van der Waals surface area contributed by atoms with Crippen LogP contribution in [0.25, 0.3) is 0 Å². The number of hydrogen-bond acceptors (Lipinski definition) is 4. The number of nitrogens with one attached hydrogen (secondary N) is 1. The second-order valence-corrected chi connectivity index (χ2v) is 6.63. The minimum absolute atomic E-state index is 0.0764. The van der Waals surface area contributed by atoms with Crippen LogP contribution in [0.4, 0.5) is 0 Å². The molecular weight excluding hydrogens is 332 g/mol. The van der Waals surface area contributed by atoms with Gasteiger partial charge in [0.05, 0.1) is 14.2 Å². The van der Waals surface area contributed by atoms with Crippen molar-refractivity contribution in [3.8, 4) is 11.5 Å². The van der Waals surface area contributed by atoms with Crippen LogP contribution in [0.1, 0.15) is 49.9 Å². The Balaban J connectivity index is 2.00. The molecule has 1 aliphatic heterocycles. The lowest BCUT2D eigenvalue weighted by Gasteiger charge is -2.33. The number of likely N-dealkylation sites (tertiary alicyclic amines) is 1. The van der Waals surface area contributed by atoms with E-state index in [1.54, 1.807) is 37.3 Å². The highest BCUT2D eigenvalue weighted by molar-refractivity contribution is 5.99. The van der Waals surface area contributed by atoms with Crippen molar-refractivity contribution in [3.05, 3.63) is 23.8 Å². The molecular formula is C20H30N2O4. The quantitative estimate of drug-likeness (QED) is 0.810. The smallest absolute Gasteiger partial charge is 0.261 e. The minimum atomic E-state index is -0.0935. The Hall–Kier alpha value is -2.24. The first-order valence-electron chi connectivity index (χ1n) is 9.36. The first-order valence-corrected chi connectivity index (χ1v) is 9.36. The average Bonchev–Trinajstić information content (AvgIpc) is 2.68. The number of nitrogens with zero attached hydrogens (tertiary/aromatic N) is 1. The van der Waals surface area contributed by atoms with Crippen molar-refractivity contribution in [3.63, 3.8) is 0 Å². The summed E-state index contributed by atoms with van der Waals surface area (Å²) in [5, 5.41) is 3.14. The van der Waals surface area contributed by atoms with Crippen LogP contribution in [0, 0.1) is 5.92 Å². The molecule has 0 unspecified atom stereocenters. The van der Waals surface area contributed by atoms with E-state index in [1.807, 2.05) is 13.8 Å². The normalized spacial score (nSPS) is 15.0. The molecule has 0 radical (unpaired) electrons. The fraction of sp³-hybridized carbons (Fsp3) is 0.600. The maximum absolute atomic E-state index is 13.0. The van der Waals surface area contributed by atoms with Crippen LogP contribution < -0.4 is 14.8 Å². The monoisotopic (exact) mass is 362 g/mol. The predicted molar refractivity (Wildman–Crippen MR) is 101 cm³/mol. The van der Waals surface area contributed by atoms with Crippen LogP contribution >= 0.6 is 0 Å². The summed E-state index contributed by atoms with van der Waals surface area (Å²) in [6, 6.07) is 5.46. The predicted octanol–water partition coefficient (Wildman–Crippen LogP) is 2.86. The van der Waals surface area contributed by atoms with E-state index in [-0.39, 0.29) is 23.8 Å². The molecule has 2 amide bonds. The Labute approximate surface area is 155 Å². The number of hydrogen-bond donors (Lipinski definition) is 1. The Kier molecular flexibility index (Phi) is 7.30. The Morgan fingerprint density at radius 2 is 1.65 bits per heavy atom. The van der Waals surface area contributed by atoms with Crippen molar-refractivity contribution < 1.29 is 19.1 Å². The Bertz CT molecular complexity index is 598. The average molecular weight is 362 g/mol. The molecule has 1 saturated heterocycles. The highest BCUT2D eigenvalue weighted by Gasteiger charge is 2.29. The van der Waals surface area contributed by atoms with Gasteiger partial charge in [-0.2, -0.15) is 0 Å². The molecule has 6 nitrogen and oxygen atoms in total. The number of benzene rings is 1. The molecule has 0 saturated carbocycles. The zero-order valence-corrected chi connectivity index (χ0v) is 16.2. The van der Waals surface area contributed by atoms with Crippen molar-refractivity contribution in [1.82, 2.24) is 10.2 Å². The zero-order chi connectivity index (χ0) is 19.1. The summed E-state index contributed by atoms with van der Waals surface area (Å²) in [6.45, 7) is 5.28. The lowest BCUT2D eigenvalue weighted by molar-refractivity contribution is -0.126. The number of carbonyl (C=O) groups excluding carboxylic acids is 2. The Morgan fingerprint density at radius 3 is 2.12 bits per heavy atom. The minimum Gasteiger partial charge on any atom is -0.496 e. The molecule has 0 atom stereocenters. The fourth-order valence-electron chi connectivity index (χ4n) is 3.43. The van der Waals surface area contributed by atoms with Crippen molar-refractivity contribution in [2.24, 2.45) is 5.92 Å². The first-order chi connectivity index (χ1) is 12.5. The first kappa shape index (κ1) is 20.1. The van der Waals surface area contributed by atoms with Crippen molar-refractivity contribution in [2.45, 2.75) is 45.6 Å². The van der Waals surface area contributed by atoms with Gasteiger partial charge >= 0.3 is 0 Å². The van der Waals surface area contributed by atoms with Gasteiger partial charge in [-0.1, -0.05) is 19.9 Å². The van der Waals surface area contributed by atoms with E-state index in [2.05, 4.69) is 5.32 Å². The molecule has 0 aromatic heterocycles. The van der Waals surface area contributed by atoms with Crippen LogP contribution in [0.5, 0.6) is 11.5 Å². The van der Waals surface area contributed by atoms with Crippen LogP contribution in [0.15, 0.2) is 18.2 Å². The molecule has 1 aliphatic rings. The molecule has 1 aromatic rings. The third kappa shape index (κ3) is 4.48. The summed E-state index contributed by atoms with van der Waals surface area (Å²) in [5.41, 5.74) is 0.456. The van der Waals surface area contributed by atoms with E-state index in [1.165, 1.54) is 0 Å². The molecule has 0 spiro atoms. The van der Waals surface area contributed by atoms with E-state index >= 15 is 0 Å². The second-order valence-electron chi connectivity index (χ2n) is 6.63. The summed E-state index contributed by atoms with van der Waals surface area (Å²) < 4.78 is 10.7. The third-order valence-corrected chi connectivity index (χ3v) is 5.13. The molecule has 144 valence electrons. The van der Waals surface area contributed by atoms with Gasteiger partial charge in [-0.15, -0.1) is 0 Å². The van der Waals surface area contributed by atoms with Gasteiger partial charge in [0.25, 0.3) is 5.91 Å². The second kappa shape index (κ2) is 9.46. The molecule has 26 heavy (non-hydrogen) atoms. The van der Waals surface area contributed by atoms with Gasteiger partial charge in [0.2, 0.25) is 5.91 Å². The molecule has 2 rings (SSSR count). The van der Waals surface area contributed by atoms with Crippen molar-refractivity contribution in [1.29, 1.82) is 0 Å². The van der Waals surface area contributed by atoms with Crippen molar-refractivity contribution in [2.75, 3.05) is 27.3 Å². The maximum atomic E-state index is 13.0. The topological polar surface area (TPSA) is 67.9 Å². The molecule has 1 heterocycles. The highest BCUT2D eigenvalue weighted by atomic mass is 16.5. The van der Waals surface area contributed by atoms with E-state index in [9.17, 15) is 9.59 Å². The van der Waals surface area contributed by atoms with Crippen LogP contribution in [-0.2, 0) is 4.79 Å². The van der Waals surface area contributed by atoms with E-state index in [0.29, 0.717) is 30.2 Å². The molecule has 1 N–H and O–H groups in total. The van der Waals surface area contributed by atoms with Gasteiger partial charge in [-0.05, 0) is 37.8 Å². The molecule has 6 heteroatoms. The lowest BCUT2D eigenvalue weighted by atomic mass is 9.99. The summed E-state index contributed by atoms with van der Waals surface area (Å²) in [6.07, 6.45) is 3.23. The van der Waals surface area contributed by atoms with E-state index < -0.39 is 0 Å². The van der Waals surface area contributed by atoms with Gasteiger partial charge in [0.15, 0.2) is 0 Å². The lowest BCUT2D eigenvalue weighted by Crippen LogP contribution is -2.47. The molecule has 0 aliphatic carbocycles. The summed E-state index contributed by atoms with van der Waals surface area (Å²) in [5.74, 6) is 1.14. The number of amides is 2. The Morgan fingerprint density at radius 1 is 1.12 bits per heavy atom. The van der Waals surface area contributed by atoms with Gasteiger partial charge in [0.1, 0.15) is 17.1 Å². The van der Waals surface area contributed by atoms with Crippen molar-refractivity contribution >= 4 is 11.8 Å². The van der Waals surface area contributed by atoms with Gasteiger partial charge < -0.3 is 19.7 Å². The third-order valence-electron chi connectivity index (χ3n) is 5.13. The van der Waals surface area contributed by atoms with Crippen LogP contribution in [0.3, 0.4) is 0 Å². The number of ether oxygens (including phenoxy) is 2. The molecule has 1 fully saturated rings.